The van der Waals surface area contributed by atoms with Gasteiger partial charge in [-0.2, -0.15) is 0 Å². The number of benzene rings is 1. The monoisotopic (exact) mass is 287 g/mol. The molecule has 106 valence electrons. The molecule has 1 unspecified atom stereocenters. The Balaban J connectivity index is 2.39. The predicted octanol–water partition coefficient (Wildman–Crippen LogP) is 3.42. The van der Waals surface area contributed by atoms with E-state index in [1.807, 2.05) is 20.8 Å². The molecule has 0 saturated carbocycles. The molecule has 1 aromatic rings. The van der Waals surface area contributed by atoms with Crippen molar-refractivity contribution in [2.24, 2.45) is 0 Å². The van der Waals surface area contributed by atoms with Crippen molar-refractivity contribution in [3.8, 4) is 0 Å². The molecule has 1 rings (SSSR count). The standard InChI is InChI=1S/C14H19F2NOS/c1-14(2,3)19(18)17-7-5-4-6-11-8-12(15)10-13(16)9-11/h4,6,8-10,17H,5,7H2,1-3H3. The molecule has 19 heavy (non-hydrogen) atoms. The van der Waals surface area contributed by atoms with E-state index in [0.29, 0.717) is 18.5 Å². The van der Waals surface area contributed by atoms with Gasteiger partial charge in [-0.05, 0) is 44.9 Å². The summed E-state index contributed by atoms with van der Waals surface area (Å²) in [6, 6.07) is 3.37. The Labute approximate surface area is 116 Å². The highest BCUT2D eigenvalue weighted by Crippen LogP contribution is 2.13. The van der Waals surface area contributed by atoms with Crippen LogP contribution in [-0.4, -0.2) is 15.8 Å². The number of rotatable bonds is 5. The van der Waals surface area contributed by atoms with E-state index in [-0.39, 0.29) is 4.75 Å². The zero-order chi connectivity index (χ0) is 14.5. The molecule has 0 heterocycles. The van der Waals surface area contributed by atoms with Crippen LogP contribution in [0.15, 0.2) is 24.3 Å². The molecule has 0 fully saturated rings. The minimum atomic E-state index is -1.10. The lowest BCUT2D eigenvalue weighted by Gasteiger charge is -2.23. The molecule has 5 heteroatoms. The van der Waals surface area contributed by atoms with Gasteiger partial charge in [-0.1, -0.05) is 12.2 Å². The van der Waals surface area contributed by atoms with Crippen LogP contribution in [0.1, 0.15) is 32.8 Å². The average molecular weight is 287 g/mol. The Morgan fingerprint density at radius 3 is 2.32 bits per heavy atom. The zero-order valence-electron chi connectivity index (χ0n) is 11.4. The molecule has 0 amide bonds. The quantitative estimate of drug-likeness (QED) is 0.665. The van der Waals surface area contributed by atoms with Gasteiger partial charge in [0.2, 0.25) is 0 Å². The Kier molecular flexibility index (Phi) is 5.97. The third kappa shape index (κ3) is 6.18. The lowest BCUT2D eigenvalue weighted by atomic mass is 10.2. The second-order valence-corrected chi connectivity index (χ2v) is 7.22. The van der Waals surface area contributed by atoms with Crippen molar-refractivity contribution < 1.29 is 13.3 Å². The minimum absolute atomic E-state index is 0.296. The summed E-state index contributed by atoms with van der Waals surface area (Å²) in [5, 5.41) is 0. The van der Waals surface area contributed by atoms with Crippen LogP contribution >= 0.6 is 0 Å². The molecule has 0 aliphatic carbocycles. The van der Waals surface area contributed by atoms with Crippen LogP contribution in [0.3, 0.4) is 0 Å². The fraction of sp³-hybridized carbons (Fsp3) is 0.429. The summed E-state index contributed by atoms with van der Waals surface area (Å²) in [5.41, 5.74) is 0.481. The molecule has 0 radical (unpaired) electrons. The molecule has 0 saturated heterocycles. The van der Waals surface area contributed by atoms with Gasteiger partial charge in [-0.3, -0.25) is 0 Å². The molecular weight excluding hydrogens is 268 g/mol. The van der Waals surface area contributed by atoms with Gasteiger partial charge < -0.3 is 4.55 Å². The Hall–Kier alpha value is -0.910. The lowest BCUT2D eigenvalue weighted by molar-refractivity contribution is 0.545. The third-order valence-electron chi connectivity index (χ3n) is 2.30. The first-order valence-electron chi connectivity index (χ1n) is 6.07. The van der Waals surface area contributed by atoms with Crippen molar-refractivity contribution in [3.63, 3.8) is 0 Å². The summed E-state index contributed by atoms with van der Waals surface area (Å²) >= 11 is -1.10. The van der Waals surface area contributed by atoms with Gasteiger partial charge in [0.15, 0.2) is 0 Å². The fourth-order valence-corrected chi connectivity index (χ4v) is 2.08. The van der Waals surface area contributed by atoms with Crippen LogP contribution in [0.2, 0.25) is 0 Å². The number of hydrogen-bond acceptors (Lipinski definition) is 2. The summed E-state index contributed by atoms with van der Waals surface area (Å²) in [6.07, 6.45) is 4.08. The first-order valence-corrected chi connectivity index (χ1v) is 7.22. The summed E-state index contributed by atoms with van der Waals surface area (Å²) in [4.78, 5) is 0. The van der Waals surface area contributed by atoms with E-state index in [0.717, 1.165) is 6.07 Å². The van der Waals surface area contributed by atoms with Crippen molar-refractivity contribution >= 4 is 17.4 Å². The SMILES string of the molecule is CC(C)(C)[S+]([O-])NCCC=Cc1cc(F)cc(F)c1. The first-order chi connectivity index (χ1) is 8.79. The van der Waals surface area contributed by atoms with E-state index >= 15 is 0 Å². The second kappa shape index (κ2) is 7.03. The van der Waals surface area contributed by atoms with Crippen LogP contribution in [0.25, 0.3) is 6.08 Å². The summed E-state index contributed by atoms with van der Waals surface area (Å²) < 4.78 is 40.1. The molecule has 1 N–H and O–H groups in total. The smallest absolute Gasteiger partial charge is 0.136 e. The van der Waals surface area contributed by atoms with E-state index in [9.17, 15) is 13.3 Å². The van der Waals surface area contributed by atoms with Crippen molar-refractivity contribution in [1.82, 2.24) is 4.72 Å². The highest BCUT2D eigenvalue weighted by atomic mass is 32.2. The highest BCUT2D eigenvalue weighted by Gasteiger charge is 2.25. The van der Waals surface area contributed by atoms with E-state index in [2.05, 4.69) is 4.72 Å². The maximum atomic E-state index is 12.9. The lowest BCUT2D eigenvalue weighted by Crippen LogP contribution is -2.39. The second-order valence-electron chi connectivity index (χ2n) is 5.17. The number of hydrogen-bond donors (Lipinski definition) is 1. The molecule has 1 atom stereocenters. The van der Waals surface area contributed by atoms with Gasteiger partial charge >= 0.3 is 0 Å². The van der Waals surface area contributed by atoms with Gasteiger partial charge in [0.25, 0.3) is 0 Å². The maximum Gasteiger partial charge on any atom is 0.136 e. The Morgan fingerprint density at radius 2 is 1.79 bits per heavy atom. The van der Waals surface area contributed by atoms with Crippen molar-refractivity contribution in [1.29, 1.82) is 0 Å². The maximum absolute atomic E-state index is 12.9. The topological polar surface area (TPSA) is 35.1 Å². The van der Waals surface area contributed by atoms with Gasteiger partial charge in [0.05, 0.1) is 0 Å². The van der Waals surface area contributed by atoms with E-state index in [4.69, 9.17) is 0 Å². The summed E-state index contributed by atoms with van der Waals surface area (Å²) in [6.45, 7) is 6.22. The van der Waals surface area contributed by atoms with Gasteiger partial charge in [-0.15, -0.1) is 4.72 Å². The van der Waals surface area contributed by atoms with Gasteiger partial charge in [0.1, 0.15) is 16.4 Å². The van der Waals surface area contributed by atoms with Gasteiger partial charge in [-0.25, -0.2) is 8.78 Å². The predicted molar refractivity (Wildman–Crippen MR) is 75.9 cm³/mol. The number of halogens is 2. The van der Waals surface area contributed by atoms with Crippen LogP contribution < -0.4 is 4.72 Å². The molecule has 0 aliphatic heterocycles. The van der Waals surface area contributed by atoms with Crippen LogP contribution in [0.5, 0.6) is 0 Å². The molecule has 2 nitrogen and oxygen atoms in total. The summed E-state index contributed by atoms with van der Waals surface area (Å²) in [7, 11) is 0. The highest BCUT2D eigenvalue weighted by molar-refractivity contribution is 7.90. The minimum Gasteiger partial charge on any atom is -0.598 e. The average Bonchev–Trinajstić information content (AvgIpc) is 2.25. The Bertz CT molecular complexity index is 423. The molecule has 0 aliphatic rings. The Morgan fingerprint density at radius 1 is 1.21 bits per heavy atom. The van der Waals surface area contributed by atoms with Crippen molar-refractivity contribution in [2.45, 2.75) is 31.9 Å². The molecule has 0 spiro atoms. The van der Waals surface area contributed by atoms with Crippen molar-refractivity contribution in [2.75, 3.05) is 6.54 Å². The van der Waals surface area contributed by atoms with Gasteiger partial charge in [0, 0.05) is 24.0 Å². The third-order valence-corrected chi connectivity index (χ3v) is 3.87. The molecule has 0 bridgehead atoms. The summed E-state index contributed by atoms with van der Waals surface area (Å²) in [5.74, 6) is -1.18. The zero-order valence-corrected chi connectivity index (χ0v) is 12.2. The van der Waals surface area contributed by atoms with Crippen LogP contribution in [0.4, 0.5) is 8.78 Å². The molecule has 0 aromatic heterocycles. The molecular formula is C14H19F2NOS. The van der Waals surface area contributed by atoms with E-state index in [1.54, 1.807) is 12.2 Å². The van der Waals surface area contributed by atoms with E-state index < -0.39 is 23.0 Å². The van der Waals surface area contributed by atoms with Crippen LogP contribution in [-0.2, 0) is 11.4 Å². The first kappa shape index (κ1) is 16.1. The molecule has 1 aromatic carbocycles. The normalized spacial score (nSPS) is 14.0. The number of nitrogens with one attached hydrogen (secondary N) is 1. The largest absolute Gasteiger partial charge is 0.598 e. The van der Waals surface area contributed by atoms with Crippen molar-refractivity contribution in [3.05, 3.63) is 41.5 Å². The van der Waals surface area contributed by atoms with E-state index in [1.165, 1.54) is 12.1 Å². The van der Waals surface area contributed by atoms with Crippen LogP contribution in [0, 0.1) is 11.6 Å². The fourth-order valence-electron chi connectivity index (χ4n) is 1.34.